The largest absolute Gasteiger partial charge is 0.340 e. The first kappa shape index (κ1) is 19.8. The number of pyridine rings is 1. The van der Waals surface area contributed by atoms with E-state index in [1.807, 2.05) is 48.5 Å². The molecule has 4 rings (SSSR count). The van der Waals surface area contributed by atoms with Gasteiger partial charge >= 0.3 is 0 Å². The van der Waals surface area contributed by atoms with Gasteiger partial charge in [-0.1, -0.05) is 31.7 Å². The predicted octanol–water partition coefficient (Wildman–Crippen LogP) is 5.27. The fraction of sp³-hybridized carbons (Fsp3) is 0.304. The summed E-state index contributed by atoms with van der Waals surface area (Å²) in [6, 6.07) is 15.1. The number of benzene rings is 1. The molecule has 1 fully saturated rings. The number of amides is 1. The van der Waals surface area contributed by atoms with Crippen molar-refractivity contribution in [3.63, 3.8) is 0 Å². The minimum absolute atomic E-state index is 0.0867. The van der Waals surface area contributed by atoms with Crippen LogP contribution in [0.15, 0.2) is 61.1 Å². The quantitative estimate of drug-likeness (QED) is 0.475. The summed E-state index contributed by atoms with van der Waals surface area (Å²) in [5.41, 5.74) is 1.68. The molecule has 7 nitrogen and oxygen atoms in total. The van der Waals surface area contributed by atoms with Gasteiger partial charge in [-0.2, -0.15) is 0 Å². The van der Waals surface area contributed by atoms with Gasteiger partial charge in [-0.05, 0) is 48.7 Å². The molecule has 1 aliphatic carbocycles. The third-order valence-corrected chi connectivity index (χ3v) is 5.28. The fourth-order valence-corrected chi connectivity index (χ4v) is 3.70. The molecule has 2 heterocycles. The number of hydrogen-bond donors (Lipinski definition) is 3. The maximum absolute atomic E-state index is 12.2. The molecule has 1 saturated carbocycles. The molecule has 0 bridgehead atoms. The lowest BCUT2D eigenvalue weighted by Crippen LogP contribution is -2.12. The molecule has 1 aliphatic rings. The fourth-order valence-electron chi connectivity index (χ4n) is 3.70. The number of nitrogens with one attached hydrogen (secondary N) is 3. The van der Waals surface area contributed by atoms with Crippen molar-refractivity contribution >= 4 is 34.7 Å². The number of nitrogens with zero attached hydrogens (tertiary/aromatic N) is 3. The van der Waals surface area contributed by atoms with Gasteiger partial charge in [0.05, 0.1) is 0 Å². The maximum atomic E-state index is 12.2. The van der Waals surface area contributed by atoms with E-state index in [-0.39, 0.29) is 5.91 Å². The van der Waals surface area contributed by atoms with Crippen molar-refractivity contribution in [3.8, 4) is 0 Å². The van der Waals surface area contributed by atoms with Crippen LogP contribution in [0.3, 0.4) is 0 Å². The zero-order valence-electron chi connectivity index (χ0n) is 16.8. The minimum atomic E-state index is 0.0867. The second kappa shape index (κ2) is 9.82. The molecule has 3 aromatic rings. The van der Waals surface area contributed by atoms with Gasteiger partial charge in [0.15, 0.2) is 0 Å². The summed E-state index contributed by atoms with van der Waals surface area (Å²) in [7, 11) is 0. The van der Waals surface area contributed by atoms with Crippen molar-refractivity contribution in [2.24, 2.45) is 5.92 Å². The Morgan fingerprint density at radius 1 is 0.867 bits per heavy atom. The molecule has 0 spiro atoms. The molecular formula is C23H26N6O. The molecule has 0 unspecified atom stereocenters. The zero-order chi connectivity index (χ0) is 20.6. The average Bonchev–Trinajstić information content (AvgIpc) is 3.29. The van der Waals surface area contributed by atoms with E-state index in [4.69, 9.17) is 0 Å². The molecule has 0 saturated heterocycles. The van der Waals surface area contributed by atoms with E-state index in [9.17, 15) is 4.79 Å². The van der Waals surface area contributed by atoms with Crippen LogP contribution in [-0.2, 0) is 4.79 Å². The first-order chi connectivity index (χ1) is 14.7. The molecule has 0 radical (unpaired) electrons. The van der Waals surface area contributed by atoms with Crippen molar-refractivity contribution < 1.29 is 4.79 Å². The van der Waals surface area contributed by atoms with E-state index in [0.29, 0.717) is 18.1 Å². The van der Waals surface area contributed by atoms with E-state index < -0.39 is 0 Å². The summed E-state index contributed by atoms with van der Waals surface area (Å²) >= 11 is 0. The highest BCUT2D eigenvalue weighted by atomic mass is 16.1. The molecule has 0 atom stereocenters. The normalized spacial score (nSPS) is 13.7. The van der Waals surface area contributed by atoms with Gasteiger partial charge in [0, 0.05) is 30.1 Å². The average molecular weight is 403 g/mol. The molecule has 2 aromatic heterocycles. The Morgan fingerprint density at radius 3 is 2.33 bits per heavy atom. The van der Waals surface area contributed by atoms with Gasteiger partial charge < -0.3 is 16.0 Å². The number of hydrogen-bond acceptors (Lipinski definition) is 6. The van der Waals surface area contributed by atoms with Gasteiger partial charge in [0.1, 0.15) is 23.8 Å². The van der Waals surface area contributed by atoms with Crippen LogP contribution in [0.4, 0.5) is 28.8 Å². The van der Waals surface area contributed by atoms with Crippen molar-refractivity contribution in [1.82, 2.24) is 15.0 Å². The minimum Gasteiger partial charge on any atom is -0.340 e. The Labute approximate surface area is 176 Å². The van der Waals surface area contributed by atoms with Gasteiger partial charge in [-0.3, -0.25) is 4.79 Å². The van der Waals surface area contributed by atoms with Crippen LogP contribution in [0.5, 0.6) is 0 Å². The van der Waals surface area contributed by atoms with Crippen molar-refractivity contribution in [2.75, 3.05) is 16.0 Å². The number of aromatic nitrogens is 3. The summed E-state index contributed by atoms with van der Waals surface area (Å²) in [6.45, 7) is 0. The van der Waals surface area contributed by atoms with Gasteiger partial charge in [0.2, 0.25) is 5.91 Å². The molecule has 0 aliphatic heterocycles. The smallest absolute Gasteiger partial charge is 0.224 e. The molecule has 30 heavy (non-hydrogen) atoms. The standard InChI is InChI=1S/C23H26N6O/c30-23(13-8-17-5-1-2-6-17)28-19-11-9-18(10-12-19)27-21-15-22(26-16-25-21)29-20-7-3-4-14-24-20/h3-4,7,9-12,14-17H,1-2,5-6,8,13H2,(H,28,30)(H2,24,25,26,27,29). The van der Waals surface area contributed by atoms with E-state index in [2.05, 4.69) is 30.9 Å². The second-order valence-electron chi connectivity index (χ2n) is 7.57. The van der Waals surface area contributed by atoms with E-state index in [1.165, 1.54) is 32.0 Å². The Hall–Kier alpha value is -3.48. The van der Waals surface area contributed by atoms with E-state index >= 15 is 0 Å². The summed E-state index contributed by atoms with van der Waals surface area (Å²) in [6.07, 6.45) is 9.98. The number of anilines is 5. The Morgan fingerprint density at radius 2 is 1.60 bits per heavy atom. The Balaban J connectivity index is 1.30. The number of carbonyl (C=O) groups excluding carboxylic acids is 1. The molecular weight excluding hydrogens is 376 g/mol. The van der Waals surface area contributed by atoms with Gasteiger partial charge in [0.25, 0.3) is 0 Å². The van der Waals surface area contributed by atoms with Crippen molar-refractivity contribution in [3.05, 3.63) is 61.1 Å². The zero-order valence-corrected chi connectivity index (χ0v) is 16.8. The lowest BCUT2D eigenvalue weighted by molar-refractivity contribution is -0.116. The van der Waals surface area contributed by atoms with Crippen LogP contribution < -0.4 is 16.0 Å². The highest BCUT2D eigenvalue weighted by Crippen LogP contribution is 2.28. The first-order valence-corrected chi connectivity index (χ1v) is 10.4. The Bertz CT molecular complexity index is 955. The van der Waals surface area contributed by atoms with Crippen LogP contribution in [0.25, 0.3) is 0 Å². The number of carbonyl (C=O) groups is 1. The lowest BCUT2D eigenvalue weighted by Gasteiger charge is -2.11. The van der Waals surface area contributed by atoms with Crippen LogP contribution in [0.1, 0.15) is 38.5 Å². The van der Waals surface area contributed by atoms with Crippen LogP contribution in [0.2, 0.25) is 0 Å². The third-order valence-electron chi connectivity index (χ3n) is 5.28. The summed E-state index contributed by atoms with van der Waals surface area (Å²) in [5.74, 6) is 2.85. The lowest BCUT2D eigenvalue weighted by atomic mass is 10.0. The van der Waals surface area contributed by atoms with Gasteiger partial charge in [-0.25, -0.2) is 15.0 Å². The second-order valence-corrected chi connectivity index (χ2v) is 7.57. The first-order valence-electron chi connectivity index (χ1n) is 10.4. The third kappa shape index (κ3) is 5.76. The summed E-state index contributed by atoms with van der Waals surface area (Å²) < 4.78 is 0. The molecule has 3 N–H and O–H groups in total. The SMILES string of the molecule is O=C(CCC1CCCC1)Nc1ccc(Nc2cc(Nc3ccccn3)ncn2)cc1. The van der Waals surface area contributed by atoms with Crippen molar-refractivity contribution in [1.29, 1.82) is 0 Å². The topological polar surface area (TPSA) is 91.8 Å². The highest BCUT2D eigenvalue weighted by Gasteiger charge is 2.16. The van der Waals surface area contributed by atoms with Crippen LogP contribution in [-0.4, -0.2) is 20.9 Å². The summed E-state index contributed by atoms with van der Waals surface area (Å²) in [5, 5.41) is 9.38. The van der Waals surface area contributed by atoms with Crippen molar-refractivity contribution in [2.45, 2.75) is 38.5 Å². The number of rotatable bonds is 8. The molecule has 1 amide bonds. The maximum Gasteiger partial charge on any atom is 0.224 e. The molecule has 7 heteroatoms. The van der Waals surface area contributed by atoms with E-state index in [1.54, 1.807) is 6.20 Å². The van der Waals surface area contributed by atoms with Crippen LogP contribution in [0, 0.1) is 5.92 Å². The predicted molar refractivity (Wildman–Crippen MR) is 119 cm³/mol. The van der Waals surface area contributed by atoms with Gasteiger partial charge in [-0.15, -0.1) is 0 Å². The highest BCUT2D eigenvalue weighted by molar-refractivity contribution is 5.90. The Kier molecular flexibility index (Phi) is 6.49. The van der Waals surface area contributed by atoms with Crippen LogP contribution >= 0.6 is 0 Å². The molecule has 154 valence electrons. The monoisotopic (exact) mass is 402 g/mol. The summed E-state index contributed by atoms with van der Waals surface area (Å²) in [4.78, 5) is 24.9. The molecule has 1 aromatic carbocycles. The van der Waals surface area contributed by atoms with E-state index in [0.717, 1.165) is 29.5 Å².